The SMILES string of the molecule is Cc1ccc(NC(=O)CNC(=O)c2ccc(I)c(F)c2)c(Cl)c1. The molecular formula is C16H13ClFIN2O2. The van der Waals surface area contributed by atoms with E-state index >= 15 is 0 Å². The molecule has 0 aromatic heterocycles. The van der Waals surface area contributed by atoms with Gasteiger partial charge in [-0.3, -0.25) is 9.59 Å². The standard InChI is InChI=1S/C16H13ClFIN2O2/c1-9-2-5-14(11(17)6-9)21-15(22)8-20-16(23)10-3-4-13(19)12(18)7-10/h2-7H,8H2,1H3,(H,20,23)(H,21,22). The van der Waals surface area contributed by atoms with Crippen LogP contribution in [-0.2, 0) is 4.79 Å². The van der Waals surface area contributed by atoms with Crippen molar-refractivity contribution in [3.63, 3.8) is 0 Å². The molecule has 0 spiro atoms. The van der Waals surface area contributed by atoms with Crippen LogP contribution < -0.4 is 10.6 Å². The van der Waals surface area contributed by atoms with Gasteiger partial charge >= 0.3 is 0 Å². The van der Waals surface area contributed by atoms with E-state index in [0.717, 1.165) is 11.6 Å². The molecule has 7 heteroatoms. The maximum atomic E-state index is 13.4. The lowest BCUT2D eigenvalue weighted by Gasteiger charge is -2.09. The number of carbonyl (C=O) groups excluding carboxylic acids is 2. The number of benzene rings is 2. The van der Waals surface area contributed by atoms with Gasteiger partial charge < -0.3 is 10.6 Å². The Kier molecular flexibility index (Phi) is 5.95. The summed E-state index contributed by atoms with van der Waals surface area (Å²) in [4.78, 5) is 23.7. The maximum Gasteiger partial charge on any atom is 0.251 e. The van der Waals surface area contributed by atoms with Crippen LogP contribution in [-0.4, -0.2) is 18.4 Å². The molecule has 2 rings (SSSR count). The van der Waals surface area contributed by atoms with Crippen LogP contribution in [0.4, 0.5) is 10.1 Å². The van der Waals surface area contributed by atoms with Gasteiger partial charge in [0.05, 0.1) is 17.3 Å². The molecule has 0 atom stereocenters. The van der Waals surface area contributed by atoms with Crippen LogP contribution in [0, 0.1) is 16.3 Å². The van der Waals surface area contributed by atoms with E-state index in [9.17, 15) is 14.0 Å². The number of aryl methyl sites for hydroxylation is 1. The van der Waals surface area contributed by atoms with Crippen molar-refractivity contribution < 1.29 is 14.0 Å². The monoisotopic (exact) mass is 446 g/mol. The number of halogens is 3. The molecule has 0 radical (unpaired) electrons. The van der Waals surface area contributed by atoms with Crippen molar-refractivity contribution in [2.24, 2.45) is 0 Å². The molecule has 4 nitrogen and oxygen atoms in total. The van der Waals surface area contributed by atoms with Crippen molar-refractivity contribution in [3.8, 4) is 0 Å². The second-order valence-corrected chi connectivity index (χ2v) is 6.41. The minimum absolute atomic E-state index is 0.157. The summed E-state index contributed by atoms with van der Waals surface area (Å²) in [7, 11) is 0. The van der Waals surface area contributed by atoms with Gasteiger partial charge in [-0.15, -0.1) is 0 Å². The van der Waals surface area contributed by atoms with Gasteiger partial charge in [0.25, 0.3) is 5.91 Å². The predicted molar refractivity (Wildman–Crippen MR) is 96.3 cm³/mol. The van der Waals surface area contributed by atoms with Crippen molar-refractivity contribution in [1.82, 2.24) is 5.32 Å². The van der Waals surface area contributed by atoms with Gasteiger partial charge in [0.15, 0.2) is 0 Å². The van der Waals surface area contributed by atoms with E-state index in [0.29, 0.717) is 14.3 Å². The lowest BCUT2D eigenvalue weighted by Crippen LogP contribution is -2.33. The van der Waals surface area contributed by atoms with Crippen LogP contribution in [0.3, 0.4) is 0 Å². The normalized spacial score (nSPS) is 10.3. The van der Waals surface area contributed by atoms with E-state index in [-0.39, 0.29) is 12.1 Å². The fourth-order valence-electron chi connectivity index (χ4n) is 1.82. The average Bonchev–Trinajstić information content (AvgIpc) is 2.50. The summed E-state index contributed by atoms with van der Waals surface area (Å²) in [6.45, 7) is 1.65. The predicted octanol–water partition coefficient (Wildman–Crippen LogP) is 3.76. The number of nitrogens with one attached hydrogen (secondary N) is 2. The van der Waals surface area contributed by atoms with Gasteiger partial charge in [0, 0.05) is 9.13 Å². The highest BCUT2D eigenvalue weighted by molar-refractivity contribution is 14.1. The van der Waals surface area contributed by atoms with Crippen LogP contribution in [0.1, 0.15) is 15.9 Å². The number of carbonyl (C=O) groups is 2. The third-order valence-corrected chi connectivity index (χ3v) is 4.18. The summed E-state index contributed by atoms with van der Waals surface area (Å²) in [5.74, 6) is -1.42. The molecule has 0 bridgehead atoms. The quantitative estimate of drug-likeness (QED) is 0.703. The van der Waals surface area contributed by atoms with Crippen LogP contribution in [0.25, 0.3) is 0 Å². The van der Waals surface area contributed by atoms with Gasteiger partial charge in [-0.25, -0.2) is 4.39 Å². The first-order chi connectivity index (χ1) is 10.9. The minimum atomic E-state index is -0.523. The van der Waals surface area contributed by atoms with Gasteiger partial charge in [-0.2, -0.15) is 0 Å². The van der Waals surface area contributed by atoms with E-state index < -0.39 is 17.6 Å². The lowest BCUT2D eigenvalue weighted by molar-refractivity contribution is -0.115. The summed E-state index contributed by atoms with van der Waals surface area (Å²) < 4.78 is 13.8. The zero-order valence-corrected chi connectivity index (χ0v) is 15.0. The smallest absolute Gasteiger partial charge is 0.251 e. The van der Waals surface area contributed by atoms with Crippen molar-refractivity contribution in [3.05, 3.63) is 61.9 Å². The van der Waals surface area contributed by atoms with Crippen molar-refractivity contribution in [1.29, 1.82) is 0 Å². The fourth-order valence-corrected chi connectivity index (χ4v) is 2.43. The molecule has 0 saturated carbocycles. The topological polar surface area (TPSA) is 58.2 Å². The highest BCUT2D eigenvalue weighted by atomic mass is 127. The van der Waals surface area contributed by atoms with Crippen molar-refractivity contribution in [2.75, 3.05) is 11.9 Å². The molecule has 0 aliphatic carbocycles. The van der Waals surface area contributed by atoms with Crippen LogP contribution in [0.15, 0.2) is 36.4 Å². The third kappa shape index (κ3) is 4.90. The van der Waals surface area contributed by atoms with Crippen LogP contribution >= 0.6 is 34.2 Å². The summed E-state index contributed by atoms with van der Waals surface area (Å²) in [6, 6.07) is 9.35. The Morgan fingerprint density at radius 2 is 1.96 bits per heavy atom. The third-order valence-electron chi connectivity index (χ3n) is 2.99. The first-order valence-electron chi connectivity index (χ1n) is 6.66. The Hall–Kier alpha value is -1.67. The summed E-state index contributed by atoms with van der Waals surface area (Å²) in [5, 5.41) is 5.46. The van der Waals surface area contributed by atoms with Gasteiger partial charge in [0.1, 0.15) is 5.82 Å². The molecule has 2 amide bonds. The zero-order chi connectivity index (χ0) is 17.0. The Bertz CT molecular complexity index is 768. The number of rotatable bonds is 4. The molecule has 0 heterocycles. The summed E-state index contributed by atoms with van der Waals surface area (Å²) in [6.07, 6.45) is 0. The molecule has 2 N–H and O–H groups in total. The molecule has 120 valence electrons. The van der Waals surface area contributed by atoms with E-state index in [2.05, 4.69) is 10.6 Å². The van der Waals surface area contributed by atoms with E-state index in [1.807, 2.05) is 35.6 Å². The van der Waals surface area contributed by atoms with Crippen LogP contribution in [0.5, 0.6) is 0 Å². The molecular weight excluding hydrogens is 434 g/mol. The highest BCUT2D eigenvalue weighted by Crippen LogP contribution is 2.22. The molecule has 0 saturated heterocycles. The lowest BCUT2D eigenvalue weighted by atomic mass is 10.2. The molecule has 23 heavy (non-hydrogen) atoms. The van der Waals surface area contributed by atoms with Crippen molar-refractivity contribution >= 4 is 51.7 Å². The minimum Gasteiger partial charge on any atom is -0.343 e. The molecule has 0 unspecified atom stereocenters. The Balaban J connectivity index is 1.93. The largest absolute Gasteiger partial charge is 0.343 e. The second-order valence-electron chi connectivity index (χ2n) is 4.84. The van der Waals surface area contributed by atoms with Crippen LogP contribution in [0.2, 0.25) is 5.02 Å². The molecule has 0 aliphatic rings. The Labute approximate surface area is 151 Å². The number of hydrogen-bond donors (Lipinski definition) is 2. The van der Waals surface area contributed by atoms with E-state index in [1.165, 1.54) is 12.1 Å². The maximum absolute atomic E-state index is 13.4. The molecule has 0 fully saturated rings. The number of hydrogen-bond acceptors (Lipinski definition) is 2. The van der Waals surface area contributed by atoms with Crippen molar-refractivity contribution in [2.45, 2.75) is 6.92 Å². The van der Waals surface area contributed by atoms with E-state index in [1.54, 1.807) is 12.1 Å². The number of amides is 2. The van der Waals surface area contributed by atoms with Gasteiger partial charge in [0.2, 0.25) is 5.91 Å². The first-order valence-corrected chi connectivity index (χ1v) is 8.12. The van der Waals surface area contributed by atoms with E-state index in [4.69, 9.17) is 11.6 Å². The first kappa shape index (κ1) is 17.7. The zero-order valence-electron chi connectivity index (χ0n) is 12.1. The number of anilines is 1. The molecule has 0 aliphatic heterocycles. The average molecular weight is 447 g/mol. The summed E-state index contributed by atoms with van der Waals surface area (Å²) in [5.41, 5.74) is 1.60. The molecule has 2 aromatic carbocycles. The second kappa shape index (κ2) is 7.74. The Morgan fingerprint density at radius 3 is 2.61 bits per heavy atom. The summed E-state index contributed by atoms with van der Waals surface area (Å²) >= 11 is 7.85. The highest BCUT2D eigenvalue weighted by Gasteiger charge is 2.11. The Morgan fingerprint density at radius 1 is 1.22 bits per heavy atom. The van der Waals surface area contributed by atoms with Gasteiger partial charge in [-0.05, 0) is 65.4 Å². The molecule has 2 aromatic rings. The van der Waals surface area contributed by atoms with Gasteiger partial charge in [-0.1, -0.05) is 17.7 Å². The fraction of sp³-hybridized carbons (Fsp3) is 0.125.